The minimum atomic E-state index is -0.977. The largest absolute Gasteiger partial charge is 0.453 e. The monoisotopic (exact) mass is 346 g/mol. The average molecular weight is 346 g/mol. The quantitative estimate of drug-likeness (QED) is 0.777. The van der Waals surface area contributed by atoms with Crippen LogP contribution in [0.1, 0.15) is 43.2 Å². The molecule has 1 aliphatic carbocycles. The van der Waals surface area contributed by atoms with Crippen LogP contribution in [0.2, 0.25) is 0 Å². The molecule has 7 heteroatoms. The van der Waals surface area contributed by atoms with E-state index >= 15 is 0 Å². The zero-order valence-corrected chi connectivity index (χ0v) is 14.1. The van der Waals surface area contributed by atoms with Crippen LogP contribution in [-0.2, 0) is 22.4 Å². The molecule has 2 aromatic rings. The second-order valence-electron chi connectivity index (χ2n) is 5.34. The topological polar surface area (TPSA) is 80.0 Å². The van der Waals surface area contributed by atoms with E-state index < -0.39 is 24.3 Å². The van der Waals surface area contributed by atoms with Gasteiger partial charge in [0.25, 0.3) is 0 Å². The summed E-state index contributed by atoms with van der Waals surface area (Å²) in [5, 5.41) is 11.4. The van der Waals surface area contributed by atoms with Crippen LogP contribution in [0, 0.1) is 18.3 Å². The fourth-order valence-electron chi connectivity index (χ4n) is 2.49. The first-order valence-electron chi connectivity index (χ1n) is 7.21. The summed E-state index contributed by atoms with van der Waals surface area (Å²) in [5.74, 6) is -1.92. The van der Waals surface area contributed by atoms with Crippen LogP contribution in [0.3, 0.4) is 0 Å². The van der Waals surface area contributed by atoms with E-state index in [1.807, 2.05) is 12.1 Å². The van der Waals surface area contributed by atoms with E-state index in [0.29, 0.717) is 9.88 Å². The molecule has 23 heavy (non-hydrogen) atoms. The van der Waals surface area contributed by atoms with Gasteiger partial charge < -0.3 is 4.74 Å². The molecule has 1 aliphatic rings. The number of aryl methyl sites for hydroxylation is 3. The lowest BCUT2D eigenvalue weighted by Gasteiger charge is -2.06. The predicted molar refractivity (Wildman–Crippen MR) is 86.8 cm³/mol. The van der Waals surface area contributed by atoms with Crippen molar-refractivity contribution in [2.75, 3.05) is 6.61 Å². The first-order chi connectivity index (χ1) is 11.1. The van der Waals surface area contributed by atoms with Crippen molar-refractivity contribution in [1.82, 2.24) is 4.98 Å². The molecule has 1 atom stereocenters. The molecule has 0 saturated carbocycles. The van der Waals surface area contributed by atoms with E-state index in [0.717, 1.165) is 25.0 Å². The highest BCUT2D eigenvalue weighted by Gasteiger charge is 2.25. The van der Waals surface area contributed by atoms with Gasteiger partial charge in [0.05, 0.1) is 6.07 Å². The van der Waals surface area contributed by atoms with Gasteiger partial charge in [0.15, 0.2) is 18.3 Å². The van der Waals surface area contributed by atoms with Gasteiger partial charge in [-0.05, 0) is 37.8 Å². The molecule has 0 fully saturated rings. The van der Waals surface area contributed by atoms with Crippen molar-refractivity contribution in [3.63, 3.8) is 0 Å². The number of ketones is 1. The number of thiazole rings is 1. The summed E-state index contributed by atoms with van der Waals surface area (Å²) in [5.41, 5.74) is 1.98. The lowest BCUT2D eigenvalue weighted by atomic mass is 10.1. The highest BCUT2D eigenvalue weighted by molar-refractivity contribution is 7.14. The number of aromatic nitrogens is 1. The Morgan fingerprint density at radius 1 is 1.48 bits per heavy atom. The summed E-state index contributed by atoms with van der Waals surface area (Å²) >= 11 is 2.70. The highest BCUT2D eigenvalue weighted by atomic mass is 32.1. The van der Waals surface area contributed by atoms with E-state index in [9.17, 15) is 14.9 Å². The third-order valence-electron chi connectivity index (χ3n) is 3.63. The normalized spacial score (nSPS) is 14.1. The van der Waals surface area contributed by atoms with Gasteiger partial charge in [-0.3, -0.25) is 4.79 Å². The van der Waals surface area contributed by atoms with Gasteiger partial charge in [-0.2, -0.15) is 5.26 Å². The molecule has 0 aliphatic heterocycles. The van der Waals surface area contributed by atoms with Crippen molar-refractivity contribution in [3.8, 4) is 6.07 Å². The van der Waals surface area contributed by atoms with E-state index in [1.165, 1.54) is 33.1 Å². The second-order valence-corrected chi connectivity index (χ2v) is 7.37. The summed E-state index contributed by atoms with van der Waals surface area (Å²) in [6.45, 7) is 1.40. The summed E-state index contributed by atoms with van der Waals surface area (Å²) in [6.07, 6.45) is 3.14. The Bertz CT molecular complexity index is 779. The van der Waals surface area contributed by atoms with Gasteiger partial charge in [0.1, 0.15) is 9.88 Å². The fourth-order valence-corrected chi connectivity index (χ4v) is 4.50. The molecule has 0 amide bonds. The number of hydrogen-bond donors (Lipinski definition) is 0. The van der Waals surface area contributed by atoms with Crippen LogP contribution in [0.25, 0.3) is 0 Å². The lowest BCUT2D eigenvalue weighted by molar-refractivity contribution is -0.122. The Labute approximate surface area is 141 Å². The van der Waals surface area contributed by atoms with Crippen LogP contribution in [-0.4, -0.2) is 23.3 Å². The molecule has 0 unspecified atom stereocenters. The van der Waals surface area contributed by atoms with Crippen LogP contribution in [0.4, 0.5) is 0 Å². The van der Waals surface area contributed by atoms with Gasteiger partial charge in [-0.15, -0.1) is 22.7 Å². The first-order valence-corrected chi connectivity index (χ1v) is 8.91. The van der Waals surface area contributed by atoms with Gasteiger partial charge in [-0.25, -0.2) is 9.78 Å². The standard InChI is InChI=1S/C16H14N2O3S2/c1-9-8-22-15(18-9)11(6-17)12(19)7-21-16(20)14-5-10-3-2-4-13(10)23-14/h5,8,11H,2-4,7H2,1H3/t11-/m1/s1. The molecule has 118 valence electrons. The number of fused-ring (bicyclic) bond motifs is 1. The number of rotatable bonds is 5. The molecule has 2 heterocycles. The molecular formula is C16H14N2O3S2. The minimum absolute atomic E-state index is 0.405. The number of hydrogen-bond acceptors (Lipinski definition) is 7. The Hall–Kier alpha value is -2.04. The second kappa shape index (κ2) is 6.60. The Balaban J connectivity index is 1.61. The van der Waals surface area contributed by atoms with Crippen molar-refractivity contribution in [1.29, 1.82) is 5.26 Å². The van der Waals surface area contributed by atoms with Crippen molar-refractivity contribution >= 4 is 34.4 Å². The van der Waals surface area contributed by atoms with Gasteiger partial charge in [-0.1, -0.05) is 0 Å². The number of thiophene rings is 1. The molecule has 3 rings (SSSR count). The zero-order chi connectivity index (χ0) is 16.4. The van der Waals surface area contributed by atoms with Crippen LogP contribution >= 0.6 is 22.7 Å². The number of ether oxygens (including phenoxy) is 1. The smallest absolute Gasteiger partial charge is 0.348 e. The van der Waals surface area contributed by atoms with E-state index in [-0.39, 0.29) is 0 Å². The Morgan fingerprint density at radius 3 is 2.96 bits per heavy atom. The first kappa shape index (κ1) is 15.8. The zero-order valence-electron chi connectivity index (χ0n) is 12.5. The maximum Gasteiger partial charge on any atom is 0.348 e. The number of carbonyl (C=O) groups excluding carboxylic acids is 2. The number of nitrogens with zero attached hydrogens (tertiary/aromatic N) is 2. The van der Waals surface area contributed by atoms with Crippen molar-refractivity contribution in [2.45, 2.75) is 32.1 Å². The highest BCUT2D eigenvalue weighted by Crippen LogP contribution is 2.31. The molecule has 0 radical (unpaired) electrons. The molecule has 0 aromatic carbocycles. The third kappa shape index (κ3) is 3.33. The SMILES string of the molecule is Cc1csc([C@H](C#N)C(=O)COC(=O)c2cc3c(s2)CCC3)n1. The van der Waals surface area contributed by atoms with Crippen molar-refractivity contribution in [2.24, 2.45) is 0 Å². The Kier molecular flexibility index (Phi) is 4.55. The van der Waals surface area contributed by atoms with E-state index in [1.54, 1.807) is 12.3 Å². The molecular weight excluding hydrogens is 332 g/mol. The van der Waals surface area contributed by atoms with Gasteiger partial charge >= 0.3 is 5.97 Å². The predicted octanol–water partition coefficient (Wildman–Crippen LogP) is 3.04. The fraction of sp³-hybridized carbons (Fsp3) is 0.375. The molecule has 0 bridgehead atoms. The third-order valence-corrected chi connectivity index (χ3v) is 5.87. The van der Waals surface area contributed by atoms with E-state index in [2.05, 4.69) is 4.98 Å². The molecule has 0 N–H and O–H groups in total. The summed E-state index contributed by atoms with van der Waals surface area (Å²) in [4.78, 5) is 30.1. The maximum atomic E-state index is 12.1. The summed E-state index contributed by atoms with van der Waals surface area (Å²) in [7, 11) is 0. The van der Waals surface area contributed by atoms with Gasteiger partial charge in [0.2, 0.25) is 0 Å². The Morgan fingerprint density at radius 2 is 2.30 bits per heavy atom. The van der Waals surface area contributed by atoms with Crippen LogP contribution in [0.15, 0.2) is 11.4 Å². The lowest BCUT2D eigenvalue weighted by Crippen LogP contribution is -2.19. The van der Waals surface area contributed by atoms with Crippen molar-refractivity contribution in [3.05, 3.63) is 37.5 Å². The number of Topliss-reactive ketones (excluding diaryl/α,β-unsaturated/α-hetero) is 1. The number of esters is 1. The molecule has 0 saturated heterocycles. The van der Waals surface area contributed by atoms with Crippen LogP contribution in [0.5, 0.6) is 0 Å². The van der Waals surface area contributed by atoms with Crippen LogP contribution < -0.4 is 0 Å². The van der Waals surface area contributed by atoms with E-state index in [4.69, 9.17) is 4.74 Å². The maximum absolute atomic E-state index is 12.1. The summed E-state index contributed by atoms with van der Waals surface area (Å²) in [6, 6.07) is 3.79. The molecule has 0 spiro atoms. The molecule has 5 nitrogen and oxygen atoms in total. The average Bonchev–Trinajstić information content (AvgIpc) is 3.21. The van der Waals surface area contributed by atoms with Crippen molar-refractivity contribution < 1.29 is 14.3 Å². The summed E-state index contributed by atoms with van der Waals surface area (Å²) < 4.78 is 5.09. The number of nitriles is 1. The number of carbonyl (C=O) groups is 2. The van der Waals surface area contributed by atoms with Gasteiger partial charge in [0, 0.05) is 16.0 Å². The minimum Gasteiger partial charge on any atom is -0.453 e. The molecule has 2 aromatic heterocycles.